The van der Waals surface area contributed by atoms with Crippen LogP contribution in [0.2, 0.25) is 0 Å². The fourth-order valence-corrected chi connectivity index (χ4v) is 3.53. The summed E-state index contributed by atoms with van der Waals surface area (Å²) in [6, 6.07) is 0.398. The largest absolute Gasteiger partial charge is 0.395 e. The maximum atomic E-state index is 12.7. The molecule has 0 aromatic carbocycles. The van der Waals surface area contributed by atoms with Crippen LogP contribution in [-0.4, -0.2) is 41.7 Å². The van der Waals surface area contributed by atoms with Gasteiger partial charge in [0.15, 0.2) is 0 Å². The van der Waals surface area contributed by atoms with E-state index in [-0.39, 0.29) is 12.5 Å². The van der Waals surface area contributed by atoms with Crippen LogP contribution in [0.5, 0.6) is 0 Å². The van der Waals surface area contributed by atoms with Crippen molar-refractivity contribution in [2.45, 2.75) is 57.4 Å². The van der Waals surface area contributed by atoms with Crippen LogP contribution in [0.4, 0.5) is 0 Å². The summed E-state index contributed by atoms with van der Waals surface area (Å²) in [6.07, 6.45) is 8.91. The average Bonchev–Trinajstić information content (AvgIpc) is 2.36. The molecule has 0 aromatic heterocycles. The molecular weight excluding hydrogens is 240 g/mol. The second-order valence-corrected chi connectivity index (χ2v) is 6.15. The lowest BCUT2D eigenvalue weighted by Gasteiger charge is -2.40. The highest BCUT2D eigenvalue weighted by molar-refractivity contribution is 5.79. The van der Waals surface area contributed by atoms with E-state index < -0.39 is 0 Å². The van der Waals surface area contributed by atoms with Gasteiger partial charge in [-0.15, -0.1) is 0 Å². The molecule has 0 radical (unpaired) electrons. The Morgan fingerprint density at radius 2 is 1.95 bits per heavy atom. The highest BCUT2D eigenvalue weighted by atomic mass is 16.3. The number of nitrogens with zero attached hydrogens (tertiary/aromatic N) is 1. The van der Waals surface area contributed by atoms with Crippen molar-refractivity contribution >= 4 is 5.91 Å². The summed E-state index contributed by atoms with van der Waals surface area (Å²) in [4.78, 5) is 14.6. The normalized spacial score (nSPS) is 27.9. The molecule has 2 atom stereocenters. The van der Waals surface area contributed by atoms with Crippen molar-refractivity contribution in [3.63, 3.8) is 0 Å². The molecule has 0 bridgehead atoms. The number of hydrogen-bond acceptors (Lipinski definition) is 3. The van der Waals surface area contributed by atoms with Crippen LogP contribution in [0.25, 0.3) is 0 Å². The van der Waals surface area contributed by atoms with E-state index in [4.69, 9.17) is 5.73 Å². The van der Waals surface area contributed by atoms with Gasteiger partial charge in [0.1, 0.15) is 0 Å². The van der Waals surface area contributed by atoms with Gasteiger partial charge in [-0.1, -0.05) is 12.8 Å². The highest BCUT2D eigenvalue weighted by Crippen LogP contribution is 2.34. The van der Waals surface area contributed by atoms with Crippen LogP contribution in [0.3, 0.4) is 0 Å². The Balaban J connectivity index is 1.91. The molecule has 19 heavy (non-hydrogen) atoms. The minimum atomic E-state index is 0.0845. The van der Waals surface area contributed by atoms with E-state index in [0.717, 1.165) is 45.1 Å². The minimum Gasteiger partial charge on any atom is -0.395 e. The van der Waals surface area contributed by atoms with Crippen LogP contribution < -0.4 is 5.73 Å². The Morgan fingerprint density at radius 1 is 1.21 bits per heavy atom. The van der Waals surface area contributed by atoms with E-state index >= 15 is 0 Å². The third-order valence-electron chi connectivity index (χ3n) is 4.85. The summed E-state index contributed by atoms with van der Waals surface area (Å²) < 4.78 is 0. The van der Waals surface area contributed by atoms with E-state index in [1.807, 2.05) is 4.90 Å². The third-order valence-corrected chi connectivity index (χ3v) is 4.85. The first kappa shape index (κ1) is 14.8. The number of aliphatic hydroxyl groups is 1. The Labute approximate surface area is 116 Å². The van der Waals surface area contributed by atoms with Gasteiger partial charge in [-0.2, -0.15) is 0 Å². The Morgan fingerprint density at radius 3 is 2.53 bits per heavy atom. The summed E-state index contributed by atoms with van der Waals surface area (Å²) >= 11 is 0. The van der Waals surface area contributed by atoms with E-state index in [0.29, 0.717) is 24.4 Å². The van der Waals surface area contributed by atoms with Crippen molar-refractivity contribution in [1.29, 1.82) is 0 Å². The molecule has 0 aromatic rings. The summed E-state index contributed by atoms with van der Waals surface area (Å²) in [6.45, 7) is 1.33. The van der Waals surface area contributed by atoms with E-state index in [1.165, 1.54) is 12.8 Å². The van der Waals surface area contributed by atoms with Gasteiger partial charge in [0.25, 0.3) is 0 Å². The Bertz CT molecular complexity index is 290. The smallest absolute Gasteiger partial charge is 0.226 e. The number of nitrogens with two attached hydrogens (primary N) is 1. The number of aliphatic hydroxyl groups excluding tert-OH is 1. The second kappa shape index (κ2) is 7.25. The van der Waals surface area contributed by atoms with Gasteiger partial charge < -0.3 is 15.7 Å². The lowest BCUT2D eigenvalue weighted by atomic mass is 9.78. The van der Waals surface area contributed by atoms with Crippen molar-refractivity contribution in [2.24, 2.45) is 17.6 Å². The van der Waals surface area contributed by atoms with Crippen LogP contribution in [0.15, 0.2) is 0 Å². The van der Waals surface area contributed by atoms with Crippen LogP contribution in [0.1, 0.15) is 51.4 Å². The van der Waals surface area contributed by atoms with Crippen molar-refractivity contribution in [3.05, 3.63) is 0 Å². The van der Waals surface area contributed by atoms with Crippen molar-refractivity contribution in [1.82, 2.24) is 4.90 Å². The molecular formula is C15H28N2O2. The minimum absolute atomic E-state index is 0.0845. The molecule has 2 saturated carbocycles. The molecule has 1 amide bonds. The van der Waals surface area contributed by atoms with Crippen LogP contribution in [-0.2, 0) is 4.79 Å². The van der Waals surface area contributed by atoms with Gasteiger partial charge in [-0.25, -0.2) is 0 Å². The summed E-state index contributed by atoms with van der Waals surface area (Å²) in [5.41, 5.74) is 5.64. The van der Waals surface area contributed by atoms with Crippen molar-refractivity contribution in [2.75, 3.05) is 19.7 Å². The highest BCUT2D eigenvalue weighted by Gasteiger charge is 2.34. The molecule has 2 unspecified atom stereocenters. The molecule has 2 aliphatic rings. The Hall–Kier alpha value is -0.610. The molecule has 3 N–H and O–H groups in total. The van der Waals surface area contributed by atoms with Gasteiger partial charge >= 0.3 is 0 Å². The van der Waals surface area contributed by atoms with Gasteiger partial charge in [0.05, 0.1) is 6.61 Å². The molecule has 2 fully saturated rings. The number of carbonyl (C=O) groups excluding carboxylic acids is 1. The van der Waals surface area contributed by atoms with Crippen LogP contribution >= 0.6 is 0 Å². The summed E-state index contributed by atoms with van der Waals surface area (Å²) in [5.74, 6) is 1.10. The molecule has 0 heterocycles. The van der Waals surface area contributed by atoms with Gasteiger partial charge in [-0.05, 0) is 51.0 Å². The molecule has 4 nitrogen and oxygen atoms in total. The number of amides is 1. The SMILES string of the molecule is NCCC1CCCC(C(=O)N(CCO)C2CCC2)C1. The molecule has 4 heteroatoms. The maximum absolute atomic E-state index is 12.7. The predicted molar refractivity (Wildman–Crippen MR) is 75.6 cm³/mol. The average molecular weight is 268 g/mol. The fourth-order valence-electron chi connectivity index (χ4n) is 3.53. The molecule has 0 aliphatic heterocycles. The standard InChI is InChI=1S/C15H28N2O2/c16-8-7-12-3-1-4-13(11-12)15(19)17(9-10-18)14-5-2-6-14/h12-14,18H,1-11,16H2. The lowest BCUT2D eigenvalue weighted by Crippen LogP contribution is -2.48. The number of rotatable bonds is 6. The number of carbonyl (C=O) groups is 1. The van der Waals surface area contributed by atoms with Gasteiger partial charge in [0.2, 0.25) is 5.91 Å². The first-order chi connectivity index (χ1) is 9.26. The quantitative estimate of drug-likeness (QED) is 0.767. The molecule has 0 spiro atoms. The molecule has 2 aliphatic carbocycles. The summed E-state index contributed by atoms with van der Waals surface area (Å²) in [7, 11) is 0. The van der Waals surface area contributed by atoms with Crippen LogP contribution in [0, 0.1) is 11.8 Å². The topological polar surface area (TPSA) is 66.6 Å². The second-order valence-electron chi connectivity index (χ2n) is 6.15. The Kier molecular flexibility index (Phi) is 5.64. The zero-order chi connectivity index (χ0) is 13.7. The zero-order valence-electron chi connectivity index (χ0n) is 11.9. The monoisotopic (exact) mass is 268 g/mol. The first-order valence-electron chi connectivity index (χ1n) is 7.87. The fraction of sp³-hybridized carbons (Fsp3) is 0.933. The molecule has 0 saturated heterocycles. The molecule has 110 valence electrons. The van der Waals surface area contributed by atoms with E-state index in [2.05, 4.69) is 0 Å². The zero-order valence-corrected chi connectivity index (χ0v) is 11.9. The lowest BCUT2D eigenvalue weighted by molar-refractivity contribution is -0.142. The summed E-state index contributed by atoms with van der Waals surface area (Å²) in [5, 5.41) is 9.18. The van der Waals surface area contributed by atoms with E-state index in [9.17, 15) is 9.90 Å². The number of hydrogen-bond donors (Lipinski definition) is 2. The first-order valence-corrected chi connectivity index (χ1v) is 7.87. The van der Waals surface area contributed by atoms with Gasteiger partial charge in [0, 0.05) is 18.5 Å². The molecule has 2 rings (SSSR count). The van der Waals surface area contributed by atoms with Gasteiger partial charge in [-0.3, -0.25) is 4.79 Å². The van der Waals surface area contributed by atoms with E-state index in [1.54, 1.807) is 0 Å². The predicted octanol–water partition coefficient (Wildman–Crippen LogP) is 1.51. The maximum Gasteiger partial charge on any atom is 0.226 e. The van der Waals surface area contributed by atoms with Crippen molar-refractivity contribution < 1.29 is 9.90 Å². The third kappa shape index (κ3) is 3.69. The van der Waals surface area contributed by atoms with Crippen molar-refractivity contribution in [3.8, 4) is 0 Å².